The molecule has 2 aromatic carbocycles. The lowest BCUT2D eigenvalue weighted by molar-refractivity contribution is 0.103. The number of anilines is 1. The first-order valence-corrected chi connectivity index (χ1v) is 9.83. The minimum atomic E-state index is 0.0833. The third kappa shape index (κ3) is 3.40. The number of thiophene rings is 1. The summed E-state index contributed by atoms with van der Waals surface area (Å²) < 4.78 is 0. The van der Waals surface area contributed by atoms with Crippen LogP contribution in [0.3, 0.4) is 0 Å². The molecule has 2 heterocycles. The molecule has 2 N–H and O–H groups in total. The van der Waals surface area contributed by atoms with Gasteiger partial charge in [-0.05, 0) is 47.9 Å². The lowest BCUT2D eigenvalue weighted by Crippen LogP contribution is -2.30. The smallest absolute Gasteiger partial charge is 0.194 e. The number of rotatable bonds is 4. The van der Waals surface area contributed by atoms with Crippen molar-refractivity contribution in [1.82, 2.24) is 4.90 Å². The van der Waals surface area contributed by atoms with Crippen LogP contribution in [0.15, 0.2) is 53.9 Å². The predicted molar refractivity (Wildman–Crippen MR) is 108 cm³/mol. The molecule has 0 amide bonds. The van der Waals surface area contributed by atoms with Crippen molar-refractivity contribution >= 4 is 34.4 Å². The van der Waals surface area contributed by atoms with E-state index in [1.54, 1.807) is 35.6 Å². The molecule has 1 aromatic heterocycles. The minimum Gasteiger partial charge on any atom is -0.398 e. The van der Waals surface area contributed by atoms with Gasteiger partial charge in [0.15, 0.2) is 5.78 Å². The Bertz CT molecular complexity index is 949. The number of para-hydroxylation sites is 1. The zero-order valence-electron chi connectivity index (χ0n) is 14.2. The molecule has 0 saturated heterocycles. The molecule has 0 bridgehead atoms. The van der Waals surface area contributed by atoms with Gasteiger partial charge in [0.2, 0.25) is 0 Å². The summed E-state index contributed by atoms with van der Waals surface area (Å²) >= 11 is 7.60. The molecule has 132 valence electrons. The second-order valence-electron chi connectivity index (χ2n) is 6.55. The van der Waals surface area contributed by atoms with E-state index in [9.17, 15) is 4.79 Å². The summed E-state index contributed by atoms with van der Waals surface area (Å²) in [6, 6.07) is 15.1. The van der Waals surface area contributed by atoms with Crippen molar-refractivity contribution in [3.05, 3.63) is 86.1 Å². The number of fused-ring (bicyclic) bond motifs is 1. The molecule has 3 nitrogen and oxygen atoms in total. The molecular formula is C21H19ClN2OS. The van der Waals surface area contributed by atoms with Crippen LogP contribution in [0.1, 0.15) is 31.9 Å². The van der Waals surface area contributed by atoms with Crippen LogP contribution in [0.5, 0.6) is 0 Å². The number of ketones is 1. The second kappa shape index (κ2) is 7.23. The molecule has 5 heteroatoms. The Kier molecular flexibility index (Phi) is 4.81. The summed E-state index contributed by atoms with van der Waals surface area (Å²) in [4.78, 5) is 16.5. The summed E-state index contributed by atoms with van der Waals surface area (Å²) in [6.07, 6.45) is 0.889. The topological polar surface area (TPSA) is 46.3 Å². The lowest BCUT2D eigenvalue weighted by atomic mass is 9.97. The highest BCUT2D eigenvalue weighted by atomic mass is 35.5. The number of halogens is 1. The Morgan fingerprint density at radius 1 is 1.15 bits per heavy atom. The molecule has 0 saturated carbocycles. The maximum absolute atomic E-state index is 12.8. The van der Waals surface area contributed by atoms with Gasteiger partial charge in [-0.2, -0.15) is 0 Å². The Hall–Kier alpha value is -2.14. The zero-order chi connectivity index (χ0) is 18.1. The zero-order valence-corrected chi connectivity index (χ0v) is 15.8. The summed E-state index contributed by atoms with van der Waals surface area (Å²) in [6.45, 7) is 2.63. The van der Waals surface area contributed by atoms with Gasteiger partial charge in [0.05, 0.1) is 0 Å². The normalized spacial score (nSPS) is 14.2. The molecule has 4 rings (SSSR count). The van der Waals surface area contributed by atoms with Gasteiger partial charge >= 0.3 is 0 Å². The van der Waals surface area contributed by atoms with Crippen LogP contribution < -0.4 is 5.73 Å². The molecule has 0 radical (unpaired) electrons. The van der Waals surface area contributed by atoms with Gasteiger partial charge in [0, 0.05) is 51.7 Å². The monoisotopic (exact) mass is 382 g/mol. The van der Waals surface area contributed by atoms with E-state index in [0.29, 0.717) is 10.6 Å². The maximum Gasteiger partial charge on any atom is 0.194 e. The number of nitrogens with zero attached hydrogens (tertiary/aromatic N) is 1. The second-order valence-corrected chi connectivity index (χ2v) is 7.95. The average Bonchev–Trinajstić information content (AvgIpc) is 3.07. The lowest BCUT2D eigenvalue weighted by Gasteiger charge is -2.27. The van der Waals surface area contributed by atoms with Crippen LogP contribution in [0.25, 0.3) is 0 Å². The van der Waals surface area contributed by atoms with Crippen LogP contribution in [-0.2, 0) is 19.5 Å². The number of nitrogens with two attached hydrogens (primary N) is 1. The molecule has 26 heavy (non-hydrogen) atoms. The van der Waals surface area contributed by atoms with Crippen molar-refractivity contribution in [3.63, 3.8) is 0 Å². The Labute approximate surface area is 162 Å². The summed E-state index contributed by atoms with van der Waals surface area (Å²) in [5.74, 6) is 0.0833. The van der Waals surface area contributed by atoms with Crippen molar-refractivity contribution in [2.45, 2.75) is 19.5 Å². The fourth-order valence-electron chi connectivity index (χ4n) is 3.38. The van der Waals surface area contributed by atoms with Crippen molar-refractivity contribution in [2.75, 3.05) is 12.3 Å². The highest BCUT2D eigenvalue weighted by Gasteiger charge is 2.24. The first kappa shape index (κ1) is 17.3. The number of carbonyl (C=O) groups is 1. The highest BCUT2D eigenvalue weighted by molar-refractivity contribution is 7.10. The number of benzene rings is 2. The summed E-state index contributed by atoms with van der Waals surface area (Å²) in [5.41, 5.74) is 10.8. The third-order valence-electron chi connectivity index (χ3n) is 4.83. The number of carbonyl (C=O) groups excluding carboxylic acids is 1. The fraction of sp³-hybridized carbons (Fsp3) is 0.190. The van der Waals surface area contributed by atoms with Crippen molar-refractivity contribution in [3.8, 4) is 0 Å². The molecular weight excluding hydrogens is 364 g/mol. The SMILES string of the molecule is Nc1ccccc1CN1CCc2c(C(=O)c3ccc(Cl)cc3)csc2C1. The van der Waals surface area contributed by atoms with Crippen molar-refractivity contribution < 1.29 is 4.79 Å². The van der Waals surface area contributed by atoms with Crippen LogP contribution >= 0.6 is 22.9 Å². The molecule has 0 atom stereocenters. The molecule has 1 aliphatic rings. The Morgan fingerprint density at radius 3 is 2.69 bits per heavy atom. The van der Waals surface area contributed by atoms with Gasteiger partial charge in [-0.1, -0.05) is 29.8 Å². The number of hydrogen-bond acceptors (Lipinski definition) is 4. The van der Waals surface area contributed by atoms with Gasteiger partial charge in [-0.15, -0.1) is 11.3 Å². The largest absolute Gasteiger partial charge is 0.398 e. The van der Waals surface area contributed by atoms with Gasteiger partial charge in [-0.3, -0.25) is 9.69 Å². The van der Waals surface area contributed by atoms with Gasteiger partial charge in [0.1, 0.15) is 0 Å². The van der Waals surface area contributed by atoms with Crippen LogP contribution in [0, 0.1) is 0 Å². The van der Waals surface area contributed by atoms with Crippen LogP contribution in [0.4, 0.5) is 5.69 Å². The number of nitrogen functional groups attached to an aromatic ring is 1. The van der Waals surface area contributed by atoms with E-state index in [0.717, 1.165) is 42.9 Å². The maximum atomic E-state index is 12.8. The molecule has 0 aliphatic carbocycles. The predicted octanol–water partition coefficient (Wildman–Crippen LogP) is 4.77. The first-order valence-electron chi connectivity index (χ1n) is 8.57. The van der Waals surface area contributed by atoms with Crippen molar-refractivity contribution in [1.29, 1.82) is 0 Å². The van der Waals surface area contributed by atoms with E-state index in [1.165, 1.54) is 10.4 Å². The molecule has 1 aliphatic heterocycles. The fourth-order valence-corrected chi connectivity index (χ4v) is 4.63. The van der Waals surface area contributed by atoms with Crippen LogP contribution in [0.2, 0.25) is 5.02 Å². The summed E-state index contributed by atoms with van der Waals surface area (Å²) in [7, 11) is 0. The van der Waals surface area contributed by atoms with E-state index in [4.69, 9.17) is 17.3 Å². The van der Waals surface area contributed by atoms with Crippen molar-refractivity contribution in [2.24, 2.45) is 0 Å². The highest BCUT2D eigenvalue weighted by Crippen LogP contribution is 2.31. The third-order valence-corrected chi connectivity index (χ3v) is 6.09. The van der Waals surface area contributed by atoms with E-state index >= 15 is 0 Å². The van der Waals surface area contributed by atoms with Gasteiger partial charge in [0.25, 0.3) is 0 Å². The standard InChI is InChI=1S/C21H19ClN2OS/c22-16-7-5-14(6-8-16)21(25)18-13-26-20-12-24(10-9-17(18)20)11-15-3-1-2-4-19(15)23/h1-8,13H,9-12,23H2. The van der Waals surface area contributed by atoms with E-state index in [-0.39, 0.29) is 5.78 Å². The Morgan fingerprint density at radius 2 is 1.92 bits per heavy atom. The van der Waals surface area contributed by atoms with E-state index in [1.807, 2.05) is 23.6 Å². The quantitative estimate of drug-likeness (QED) is 0.522. The molecule has 3 aromatic rings. The molecule has 0 spiro atoms. The summed E-state index contributed by atoms with van der Waals surface area (Å²) in [5, 5.41) is 2.65. The minimum absolute atomic E-state index is 0.0833. The average molecular weight is 383 g/mol. The van der Waals surface area contributed by atoms with E-state index < -0.39 is 0 Å². The Balaban J connectivity index is 1.52. The first-order chi connectivity index (χ1) is 12.6. The van der Waals surface area contributed by atoms with Crippen LogP contribution in [-0.4, -0.2) is 17.2 Å². The number of hydrogen-bond donors (Lipinski definition) is 1. The molecule has 0 unspecified atom stereocenters. The van der Waals surface area contributed by atoms with Gasteiger partial charge < -0.3 is 5.73 Å². The van der Waals surface area contributed by atoms with E-state index in [2.05, 4.69) is 11.0 Å². The van der Waals surface area contributed by atoms with Gasteiger partial charge in [-0.25, -0.2) is 0 Å². The molecule has 0 fully saturated rings.